The number of aryl methyl sites for hydroxylation is 1. The molecule has 7 heteroatoms. The van der Waals surface area contributed by atoms with Crippen molar-refractivity contribution in [3.63, 3.8) is 0 Å². The fourth-order valence-electron chi connectivity index (χ4n) is 1.64. The Balaban J connectivity index is 1.97. The van der Waals surface area contributed by atoms with Gasteiger partial charge in [0.15, 0.2) is 5.82 Å². The first-order chi connectivity index (χ1) is 10.1. The zero-order valence-electron chi connectivity index (χ0n) is 11.4. The highest BCUT2D eigenvalue weighted by molar-refractivity contribution is 5.94. The Morgan fingerprint density at radius 2 is 2.05 bits per heavy atom. The van der Waals surface area contributed by atoms with Gasteiger partial charge in [-0.1, -0.05) is 12.1 Å². The van der Waals surface area contributed by atoms with Gasteiger partial charge in [-0.3, -0.25) is 4.79 Å². The summed E-state index contributed by atoms with van der Waals surface area (Å²) >= 11 is 0. The van der Waals surface area contributed by atoms with Gasteiger partial charge in [0.2, 0.25) is 0 Å². The summed E-state index contributed by atoms with van der Waals surface area (Å²) in [6, 6.07) is 6.62. The third-order valence-corrected chi connectivity index (χ3v) is 2.80. The Morgan fingerprint density at radius 3 is 2.62 bits per heavy atom. The molecule has 21 heavy (non-hydrogen) atoms. The summed E-state index contributed by atoms with van der Waals surface area (Å²) in [6.07, 6.45) is 4.07. The molecule has 0 aliphatic rings. The van der Waals surface area contributed by atoms with E-state index in [9.17, 15) is 9.59 Å². The molecule has 0 atom stereocenters. The minimum Gasteiger partial charge on any atom is -0.478 e. The average Bonchev–Trinajstić information content (AvgIpc) is 2.88. The second-order valence-corrected chi connectivity index (χ2v) is 4.33. The number of aromatic nitrogens is 3. The van der Waals surface area contributed by atoms with E-state index in [2.05, 4.69) is 15.5 Å². The summed E-state index contributed by atoms with van der Waals surface area (Å²) in [6.45, 7) is 0.288. The van der Waals surface area contributed by atoms with Gasteiger partial charge in [0.25, 0.3) is 5.91 Å². The van der Waals surface area contributed by atoms with Crippen molar-refractivity contribution in [3.8, 4) is 0 Å². The topological polar surface area (TPSA) is 97.1 Å². The van der Waals surface area contributed by atoms with E-state index in [4.69, 9.17) is 5.11 Å². The maximum absolute atomic E-state index is 11.9. The lowest BCUT2D eigenvalue weighted by molar-refractivity contribution is -0.131. The Morgan fingerprint density at radius 1 is 1.33 bits per heavy atom. The first-order valence-electron chi connectivity index (χ1n) is 6.18. The normalized spacial score (nSPS) is 10.7. The van der Waals surface area contributed by atoms with Gasteiger partial charge < -0.3 is 15.0 Å². The van der Waals surface area contributed by atoms with Crippen molar-refractivity contribution in [2.45, 2.75) is 6.54 Å². The van der Waals surface area contributed by atoms with Crippen molar-refractivity contribution < 1.29 is 14.7 Å². The van der Waals surface area contributed by atoms with Gasteiger partial charge >= 0.3 is 5.97 Å². The maximum atomic E-state index is 11.9. The fourth-order valence-corrected chi connectivity index (χ4v) is 1.64. The van der Waals surface area contributed by atoms with E-state index < -0.39 is 5.97 Å². The van der Waals surface area contributed by atoms with Crippen LogP contribution in [0.4, 0.5) is 0 Å². The van der Waals surface area contributed by atoms with Crippen LogP contribution < -0.4 is 5.32 Å². The Kier molecular flexibility index (Phi) is 4.45. The lowest BCUT2D eigenvalue weighted by Crippen LogP contribution is -2.24. The van der Waals surface area contributed by atoms with Crippen molar-refractivity contribution in [3.05, 3.63) is 53.6 Å². The quantitative estimate of drug-likeness (QED) is 0.794. The molecule has 0 aliphatic carbocycles. The molecule has 0 saturated carbocycles. The molecule has 7 nitrogen and oxygen atoms in total. The van der Waals surface area contributed by atoms with Gasteiger partial charge in [-0.2, -0.15) is 0 Å². The molecule has 2 N–H and O–H groups in total. The molecule has 1 aromatic heterocycles. The molecule has 1 aromatic carbocycles. The molecule has 1 amide bonds. The minimum atomic E-state index is -1.01. The standard InChI is InChI=1S/C14H14N4O3/c1-18-9-16-17-12(18)8-15-14(21)11-5-2-10(3-6-11)4-7-13(19)20/h2-7,9H,8H2,1H3,(H,15,21)(H,19,20). The summed E-state index contributed by atoms with van der Waals surface area (Å²) in [7, 11) is 1.80. The molecule has 0 bridgehead atoms. The number of carbonyl (C=O) groups is 2. The number of nitrogens with zero attached hydrogens (tertiary/aromatic N) is 3. The monoisotopic (exact) mass is 286 g/mol. The highest BCUT2D eigenvalue weighted by Gasteiger charge is 2.07. The van der Waals surface area contributed by atoms with Gasteiger partial charge in [-0.15, -0.1) is 10.2 Å². The zero-order chi connectivity index (χ0) is 15.2. The van der Waals surface area contributed by atoms with Gasteiger partial charge in [0, 0.05) is 18.7 Å². The molecule has 0 unspecified atom stereocenters. The second-order valence-electron chi connectivity index (χ2n) is 4.33. The van der Waals surface area contributed by atoms with Crippen molar-refractivity contribution in [1.29, 1.82) is 0 Å². The lowest BCUT2D eigenvalue weighted by atomic mass is 10.1. The number of rotatable bonds is 5. The van der Waals surface area contributed by atoms with Gasteiger partial charge in [0.1, 0.15) is 6.33 Å². The van der Waals surface area contributed by atoms with E-state index in [0.717, 1.165) is 6.08 Å². The van der Waals surface area contributed by atoms with Gasteiger partial charge in [-0.25, -0.2) is 4.79 Å². The molecule has 2 aromatic rings. The summed E-state index contributed by atoms with van der Waals surface area (Å²) in [5.41, 5.74) is 1.20. The van der Waals surface area contributed by atoms with Crippen molar-refractivity contribution in [1.82, 2.24) is 20.1 Å². The number of carbonyl (C=O) groups excluding carboxylic acids is 1. The van der Waals surface area contributed by atoms with Crippen LogP contribution in [-0.4, -0.2) is 31.7 Å². The Labute approximate surface area is 120 Å². The molecular weight excluding hydrogens is 272 g/mol. The van der Waals surface area contributed by atoms with Crippen LogP contribution in [-0.2, 0) is 18.4 Å². The van der Waals surface area contributed by atoms with Crippen LogP contribution in [0.1, 0.15) is 21.7 Å². The van der Waals surface area contributed by atoms with Crippen LogP contribution in [0.25, 0.3) is 6.08 Å². The number of nitrogens with one attached hydrogen (secondary N) is 1. The largest absolute Gasteiger partial charge is 0.478 e. The van der Waals surface area contributed by atoms with Crippen LogP contribution in [0.3, 0.4) is 0 Å². The SMILES string of the molecule is Cn1cnnc1CNC(=O)c1ccc(C=CC(=O)O)cc1. The van der Waals surface area contributed by atoms with E-state index in [1.54, 1.807) is 42.2 Å². The summed E-state index contributed by atoms with van der Waals surface area (Å²) in [5.74, 6) is -0.586. The molecular formula is C14H14N4O3. The van der Waals surface area contributed by atoms with E-state index >= 15 is 0 Å². The smallest absolute Gasteiger partial charge is 0.328 e. The third kappa shape index (κ3) is 4.00. The number of hydrogen-bond donors (Lipinski definition) is 2. The second kappa shape index (κ2) is 6.47. The first-order valence-corrected chi connectivity index (χ1v) is 6.18. The third-order valence-electron chi connectivity index (χ3n) is 2.80. The van der Waals surface area contributed by atoms with E-state index in [0.29, 0.717) is 17.0 Å². The van der Waals surface area contributed by atoms with Crippen LogP contribution in [0.2, 0.25) is 0 Å². The highest BCUT2D eigenvalue weighted by atomic mass is 16.4. The van der Waals surface area contributed by atoms with Crippen molar-refractivity contribution in [2.75, 3.05) is 0 Å². The highest BCUT2D eigenvalue weighted by Crippen LogP contribution is 2.06. The summed E-state index contributed by atoms with van der Waals surface area (Å²) in [4.78, 5) is 22.4. The molecule has 0 saturated heterocycles. The summed E-state index contributed by atoms with van der Waals surface area (Å²) < 4.78 is 1.72. The molecule has 108 valence electrons. The van der Waals surface area contributed by atoms with Crippen LogP contribution in [0.15, 0.2) is 36.7 Å². The zero-order valence-corrected chi connectivity index (χ0v) is 11.4. The van der Waals surface area contributed by atoms with Crippen LogP contribution >= 0.6 is 0 Å². The van der Waals surface area contributed by atoms with E-state index in [-0.39, 0.29) is 12.5 Å². The molecule has 0 radical (unpaired) electrons. The summed E-state index contributed by atoms with van der Waals surface area (Å²) in [5, 5.41) is 18.9. The number of hydrogen-bond acceptors (Lipinski definition) is 4. The predicted molar refractivity (Wildman–Crippen MR) is 75.3 cm³/mol. The van der Waals surface area contributed by atoms with Gasteiger partial charge in [0.05, 0.1) is 6.54 Å². The fraction of sp³-hybridized carbons (Fsp3) is 0.143. The predicted octanol–water partition coefficient (Wildman–Crippen LogP) is 0.843. The van der Waals surface area contributed by atoms with E-state index in [1.807, 2.05) is 0 Å². The average molecular weight is 286 g/mol. The Bertz CT molecular complexity index is 674. The number of aliphatic carboxylic acids is 1. The molecule has 2 rings (SSSR count). The van der Waals surface area contributed by atoms with E-state index in [1.165, 1.54) is 6.08 Å². The van der Waals surface area contributed by atoms with Crippen LogP contribution in [0, 0.1) is 0 Å². The molecule has 1 heterocycles. The van der Waals surface area contributed by atoms with Crippen LogP contribution in [0.5, 0.6) is 0 Å². The number of benzene rings is 1. The van der Waals surface area contributed by atoms with Gasteiger partial charge in [-0.05, 0) is 23.8 Å². The van der Waals surface area contributed by atoms with Crippen molar-refractivity contribution in [2.24, 2.45) is 7.05 Å². The molecule has 0 fully saturated rings. The number of carboxylic acid groups (broad SMARTS) is 1. The number of carboxylic acids is 1. The first kappa shape index (κ1) is 14.4. The molecule has 0 aliphatic heterocycles. The maximum Gasteiger partial charge on any atom is 0.328 e. The number of amides is 1. The molecule has 0 spiro atoms. The minimum absolute atomic E-state index is 0.230. The van der Waals surface area contributed by atoms with Crippen molar-refractivity contribution >= 4 is 18.0 Å². The Hall–Kier alpha value is -2.96. The lowest BCUT2D eigenvalue weighted by Gasteiger charge is -2.05.